The van der Waals surface area contributed by atoms with Gasteiger partial charge in [-0.3, -0.25) is 0 Å². The highest BCUT2D eigenvalue weighted by Crippen LogP contribution is 2.17. The Morgan fingerprint density at radius 3 is 3.36 bits per heavy atom. The molecule has 1 fully saturated rings. The van der Waals surface area contributed by atoms with Crippen molar-refractivity contribution in [2.24, 2.45) is 0 Å². The molecule has 0 spiro atoms. The molecule has 0 atom stereocenters. The van der Waals surface area contributed by atoms with Crippen molar-refractivity contribution >= 4 is 5.97 Å². The molecule has 0 bridgehead atoms. The Bertz CT molecular complexity index is 309. The lowest BCUT2D eigenvalue weighted by molar-refractivity contribution is -0.138. The molecule has 0 aromatic carbocycles. The molecule has 5 heteroatoms. The van der Waals surface area contributed by atoms with Gasteiger partial charge in [-0.1, -0.05) is 6.08 Å². The number of rotatable bonds is 2. The fraction of sp³-hybridized carbons (Fsp3) is 0.444. The van der Waals surface area contributed by atoms with Crippen molar-refractivity contribution in [3.63, 3.8) is 0 Å². The van der Waals surface area contributed by atoms with Gasteiger partial charge in [0.1, 0.15) is 11.4 Å². The molecule has 2 aliphatic rings. The van der Waals surface area contributed by atoms with Gasteiger partial charge in [-0.2, -0.15) is 0 Å². The lowest BCUT2D eigenvalue weighted by Crippen LogP contribution is -2.27. The van der Waals surface area contributed by atoms with Gasteiger partial charge in [0.05, 0.1) is 13.3 Å². The summed E-state index contributed by atoms with van der Waals surface area (Å²) in [5.74, 6) is 0.533. The van der Waals surface area contributed by atoms with E-state index >= 15 is 0 Å². The highest BCUT2D eigenvalue weighted by molar-refractivity contribution is 5.92. The van der Waals surface area contributed by atoms with E-state index in [2.05, 4.69) is 10.9 Å². The Hall–Kier alpha value is -1.49. The number of ether oxygens (including phenoxy) is 1. The van der Waals surface area contributed by atoms with E-state index in [-0.39, 0.29) is 5.97 Å². The normalized spacial score (nSPS) is 19.4. The molecule has 2 N–H and O–H groups in total. The van der Waals surface area contributed by atoms with Crippen molar-refractivity contribution in [3.8, 4) is 0 Å². The fourth-order valence-electron chi connectivity index (χ4n) is 1.52. The smallest absolute Gasteiger partial charge is 0.341 e. The van der Waals surface area contributed by atoms with Crippen molar-refractivity contribution in [2.45, 2.75) is 6.92 Å². The number of carbonyl (C=O) groups excluding carboxylic acids is 1. The lowest BCUT2D eigenvalue weighted by Gasteiger charge is -2.20. The predicted molar refractivity (Wildman–Crippen MR) is 50.6 cm³/mol. The van der Waals surface area contributed by atoms with Crippen molar-refractivity contribution in [1.82, 2.24) is 15.8 Å². The molecule has 0 saturated carbocycles. The topological polar surface area (TPSA) is 53.6 Å². The number of nitrogens with zero attached hydrogens (tertiary/aromatic N) is 1. The first kappa shape index (κ1) is 9.08. The fourth-order valence-corrected chi connectivity index (χ4v) is 1.52. The van der Waals surface area contributed by atoms with Crippen LogP contribution >= 0.6 is 0 Å². The number of hydrazine groups is 1. The van der Waals surface area contributed by atoms with Gasteiger partial charge in [-0.25, -0.2) is 10.2 Å². The molecule has 0 amide bonds. The van der Waals surface area contributed by atoms with Gasteiger partial charge in [0, 0.05) is 6.54 Å². The summed E-state index contributed by atoms with van der Waals surface area (Å²) in [4.78, 5) is 13.5. The number of fused-ring (bicyclic) bond motifs is 1. The quantitative estimate of drug-likeness (QED) is 0.592. The maximum Gasteiger partial charge on any atom is 0.341 e. The molecule has 14 heavy (non-hydrogen) atoms. The van der Waals surface area contributed by atoms with E-state index < -0.39 is 0 Å². The monoisotopic (exact) mass is 195 g/mol. The minimum atomic E-state index is -0.278. The Labute approximate surface area is 82.4 Å². The predicted octanol–water partition coefficient (Wildman–Crippen LogP) is -0.302. The molecule has 5 nitrogen and oxygen atoms in total. The summed E-state index contributed by atoms with van der Waals surface area (Å²) in [5, 5.41) is 0. The maximum absolute atomic E-state index is 11.5. The number of nitrogens with one attached hydrogen (secondary N) is 2. The van der Waals surface area contributed by atoms with Crippen LogP contribution < -0.4 is 10.9 Å². The van der Waals surface area contributed by atoms with Gasteiger partial charge in [0.15, 0.2) is 0 Å². The summed E-state index contributed by atoms with van der Waals surface area (Å²) in [6, 6.07) is 0. The third-order valence-corrected chi connectivity index (χ3v) is 2.15. The Morgan fingerprint density at radius 2 is 2.57 bits per heavy atom. The first-order valence-corrected chi connectivity index (χ1v) is 4.64. The maximum atomic E-state index is 11.5. The SMILES string of the molecule is CCOC(=O)C1=C2NNCN2CC=C1. The zero-order valence-corrected chi connectivity index (χ0v) is 8.04. The Balaban J connectivity index is 2.22. The molecule has 2 rings (SSSR count). The third kappa shape index (κ3) is 1.46. The van der Waals surface area contributed by atoms with Gasteiger partial charge < -0.3 is 15.1 Å². The molecular weight excluding hydrogens is 182 g/mol. The zero-order chi connectivity index (χ0) is 9.97. The van der Waals surface area contributed by atoms with Crippen LogP contribution in [0.1, 0.15) is 6.92 Å². The number of hydrogen-bond donors (Lipinski definition) is 2. The van der Waals surface area contributed by atoms with Gasteiger partial charge in [0.2, 0.25) is 0 Å². The second-order valence-electron chi connectivity index (χ2n) is 3.07. The molecule has 76 valence electrons. The number of carbonyl (C=O) groups is 1. The first-order valence-electron chi connectivity index (χ1n) is 4.64. The summed E-state index contributed by atoms with van der Waals surface area (Å²) < 4.78 is 4.95. The van der Waals surface area contributed by atoms with Crippen LogP contribution in [0.15, 0.2) is 23.5 Å². The van der Waals surface area contributed by atoms with Gasteiger partial charge in [-0.15, -0.1) is 0 Å². The van der Waals surface area contributed by atoms with Gasteiger partial charge in [0.25, 0.3) is 0 Å². The van der Waals surface area contributed by atoms with Crippen LogP contribution in [0.5, 0.6) is 0 Å². The molecular formula is C9H13N3O2. The van der Waals surface area contributed by atoms with E-state index in [9.17, 15) is 4.79 Å². The summed E-state index contributed by atoms with van der Waals surface area (Å²) in [5.41, 5.74) is 6.50. The standard InChI is InChI=1S/C9H13N3O2/c1-2-14-9(13)7-4-3-5-12-6-10-11-8(7)12/h3-4,10-11H,2,5-6H2,1H3. The molecule has 0 unspecified atom stereocenters. The van der Waals surface area contributed by atoms with Crippen molar-refractivity contribution in [1.29, 1.82) is 0 Å². The van der Waals surface area contributed by atoms with Crippen LogP contribution in [0.3, 0.4) is 0 Å². The Morgan fingerprint density at radius 1 is 1.71 bits per heavy atom. The third-order valence-electron chi connectivity index (χ3n) is 2.15. The van der Waals surface area contributed by atoms with Crippen LogP contribution in [-0.4, -0.2) is 30.7 Å². The van der Waals surface area contributed by atoms with E-state index in [4.69, 9.17) is 4.74 Å². The van der Waals surface area contributed by atoms with E-state index in [1.54, 1.807) is 13.0 Å². The van der Waals surface area contributed by atoms with E-state index in [0.29, 0.717) is 18.8 Å². The van der Waals surface area contributed by atoms with Crippen molar-refractivity contribution < 1.29 is 9.53 Å². The van der Waals surface area contributed by atoms with Crippen LogP contribution in [0, 0.1) is 0 Å². The molecule has 0 aromatic heterocycles. The molecule has 2 heterocycles. The van der Waals surface area contributed by atoms with E-state index in [0.717, 1.165) is 12.4 Å². The minimum Gasteiger partial charge on any atom is -0.462 e. The van der Waals surface area contributed by atoms with Crippen LogP contribution in [-0.2, 0) is 9.53 Å². The van der Waals surface area contributed by atoms with Gasteiger partial charge >= 0.3 is 5.97 Å². The highest BCUT2D eigenvalue weighted by atomic mass is 16.5. The molecule has 2 aliphatic heterocycles. The second-order valence-corrected chi connectivity index (χ2v) is 3.07. The lowest BCUT2D eigenvalue weighted by atomic mass is 10.2. The van der Waals surface area contributed by atoms with Crippen LogP contribution in [0.25, 0.3) is 0 Å². The second kappa shape index (κ2) is 3.71. The number of hydrogen-bond acceptors (Lipinski definition) is 5. The van der Waals surface area contributed by atoms with E-state index in [1.165, 1.54) is 0 Å². The Kier molecular flexibility index (Phi) is 2.41. The average Bonchev–Trinajstić information content (AvgIpc) is 2.65. The van der Waals surface area contributed by atoms with Crippen LogP contribution in [0.2, 0.25) is 0 Å². The van der Waals surface area contributed by atoms with E-state index in [1.807, 2.05) is 11.0 Å². The zero-order valence-electron chi connectivity index (χ0n) is 8.04. The minimum absolute atomic E-state index is 0.278. The summed E-state index contributed by atoms with van der Waals surface area (Å²) >= 11 is 0. The molecule has 1 saturated heterocycles. The largest absolute Gasteiger partial charge is 0.462 e. The highest BCUT2D eigenvalue weighted by Gasteiger charge is 2.25. The van der Waals surface area contributed by atoms with Crippen molar-refractivity contribution in [3.05, 3.63) is 23.5 Å². The summed E-state index contributed by atoms with van der Waals surface area (Å²) in [6.07, 6.45) is 3.74. The van der Waals surface area contributed by atoms with Gasteiger partial charge in [-0.05, 0) is 13.0 Å². The average molecular weight is 195 g/mol. The number of esters is 1. The molecule has 0 radical (unpaired) electrons. The molecule has 0 aromatic rings. The summed E-state index contributed by atoms with van der Waals surface area (Å²) in [7, 11) is 0. The van der Waals surface area contributed by atoms with Crippen LogP contribution in [0.4, 0.5) is 0 Å². The first-order chi connectivity index (χ1) is 6.83. The van der Waals surface area contributed by atoms with Crippen molar-refractivity contribution in [2.75, 3.05) is 19.8 Å². The molecule has 0 aliphatic carbocycles. The summed E-state index contributed by atoms with van der Waals surface area (Å²) in [6.45, 7) is 3.73.